The molecule has 1 aliphatic heterocycles. The topological polar surface area (TPSA) is 51.3 Å². The number of aromatic nitrogens is 2. The van der Waals surface area contributed by atoms with Crippen LogP contribution in [0.2, 0.25) is 0 Å². The number of furan rings is 1. The fourth-order valence-electron chi connectivity index (χ4n) is 10.9. The Morgan fingerprint density at radius 1 is 0.532 bits per heavy atom. The number of benzene rings is 8. The predicted molar refractivity (Wildman–Crippen MR) is 318 cm³/mol. The van der Waals surface area contributed by atoms with Crippen LogP contribution in [0.3, 0.4) is 0 Å². The van der Waals surface area contributed by atoms with E-state index in [9.17, 15) is 0 Å². The number of rotatable bonds is 12. The Bertz CT molecular complexity index is 3960. The number of aliphatic imine (C=N–C) groups is 1. The number of hydrogen-bond donors (Lipinski definition) is 0. The Hall–Kier alpha value is -7.56. The molecule has 0 saturated carbocycles. The first kappa shape index (κ1) is 52.9. The Kier molecular flexibility index (Phi) is 15.8. The van der Waals surface area contributed by atoms with E-state index in [2.05, 4.69) is 224 Å². The third-order valence-corrected chi connectivity index (χ3v) is 15.4. The molecule has 12 rings (SSSR count). The van der Waals surface area contributed by atoms with Crippen molar-refractivity contribution >= 4 is 49.2 Å². The summed E-state index contributed by atoms with van der Waals surface area (Å²) in [6.07, 6.45) is 12.2. The summed E-state index contributed by atoms with van der Waals surface area (Å²) in [6, 6.07) is 64.6. The van der Waals surface area contributed by atoms with Crippen molar-refractivity contribution in [1.29, 1.82) is 0 Å². The Morgan fingerprint density at radius 2 is 1.21 bits per heavy atom. The average molecular weight is 1180 g/mol. The molecule has 0 N–H and O–H groups in total. The van der Waals surface area contributed by atoms with E-state index in [0.29, 0.717) is 11.8 Å². The van der Waals surface area contributed by atoms with E-state index in [1.54, 1.807) is 0 Å². The first-order valence-electron chi connectivity index (χ1n) is 27.0. The number of aryl methyl sites for hydroxylation is 8. The molecule has 0 fully saturated rings. The van der Waals surface area contributed by atoms with E-state index in [1.165, 1.54) is 82.7 Å². The predicted octanol–water partition coefficient (Wildman–Crippen LogP) is 18.3. The number of pyridine rings is 2. The van der Waals surface area contributed by atoms with Crippen molar-refractivity contribution in [3.05, 3.63) is 261 Å². The van der Waals surface area contributed by atoms with Gasteiger partial charge in [-0.05, 0) is 142 Å². The van der Waals surface area contributed by atoms with Gasteiger partial charge in [0.25, 0.3) is 0 Å². The monoisotopic (exact) mass is 1180 g/mol. The van der Waals surface area contributed by atoms with Crippen molar-refractivity contribution < 1.29 is 24.5 Å². The number of nitrogens with zero attached hydrogens (tertiary/aromatic N) is 3. The van der Waals surface area contributed by atoms with Crippen molar-refractivity contribution in [3.8, 4) is 22.5 Å². The summed E-state index contributed by atoms with van der Waals surface area (Å²) in [5, 5.41) is 7.16. The van der Waals surface area contributed by atoms with Crippen molar-refractivity contribution in [3.63, 3.8) is 0 Å². The molecular weight excluding hydrogens is 1120 g/mol. The van der Waals surface area contributed by atoms with Gasteiger partial charge in [0.1, 0.15) is 5.58 Å². The van der Waals surface area contributed by atoms with E-state index in [1.807, 2.05) is 30.7 Å². The number of hydrogen-bond acceptors (Lipinski definition) is 4. The van der Waals surface area contributed by atoms with Gasteiger partial charge in [-0.25, -0.2) is 0 Å². The second-order valence-electron chi connectivity index (χ2n) is 21.4. The van der Waals surface area contributed by atoms with Gasteiger partial charge in [-0.3, -0.25) is 0 Å². The van der Waals surface area contributed by atoms with Gasteiger partial charge in [-0.15, -0.1) is 89.0 Å². The molecule has 0 bridgehead atoms. The van der Waals surface area contributed by atoms with Gasteiger partial charge in [0.05, 0.1) is 5.58 Å². The molecule has 0 radical (unpaired) electrons. The average Bonchev–Trinajstić information content (AvgIpc) is 4.21. The van der Waals surface area contributed by atoms with Crippen LogP contribution in [0.1, 0.15) is 112 Å². The number of fused-ring (bicyclic) bond motifs is 6. The summed E-state index contributed by atoms with van der Waals surface area (Å²) < 4.78 is 6.65. The molecule has 0 aliphatic carbocycles. The normalized spacial score (nSPS) is 13.2. The summed E-state index contributed by atoms with van der Waals surface area (Å²) in [5.41, 5.74) is 22.3. The smallest absolute Gasteiger partial charge is 0.501 e. The third kappa shape index (κ3) is 11.2. The minimum Gasteiger partial charge on any atom is -0.501 e. The summed E-state index contributed by atoms with van der Waals surface area (Å²) in [5.74, 6) is 0.920. The Balaban J connectivity index is 0.000000172. The van der Waals surface area contributed by atoms with Crippen LogP contribution in [0, 0.1) is 45.9 Å². The quantitative estimate of drug-likeness (QED) is 0.0905. The largest absolute Gasteiger partial charge is 3.00 e. The van der Waals surface area contributed by atoms with E-state index in [-0.39, 0.29) is 26.0 Å². The van der Waals surface area contributed by atoms with Crippen molar-refractivity contribution in [2.45, 2.75) is 98.8 Å². The molecule has 0 spiro atoms. The van der Waals surface area contributed by atoms with Crippen LogP contribution in [-0.2, 0) is 45.8 Å². The molecule has 1 unspecified atom stereocenters. The zero-order chi connectivity index (χ0) is 52.5. The minimum atomic E-state index is 0. The second-order valence-corrected chi connectivity index (χ2v) is 21.4. The molecule has 0 amide bonds. The van der Waals surface area contributed by atoms with Gasteiger partial charge in [0.2, 0.25) is 0 Å². The molecule has 0 saturated heterocycles. The fourth-order valence-corrected chi connectivity index (χ4v) is 10.9. The van der Waals surface area contributed by atoms with E-state index in [0.717, 1.165) is 81.4 Å². The van der Waals surface area contributed by atoms with Crippen LogP contribution in [-0.4, -0.2) is 15.7 Å². The minimum absolute atomic E-state index is 0. The van der Waals surface area contributed by atoms with Crippen LogP contribution in [0.5, 0.6) is 0 Å². The van der Waals surface area contributed by atoms with Crippen molar-refractivity contribution in [2.24, 2.45) is 4.99 Å². The van der Waals surface area contributed by atoms with E-state index < -0.39 is 0 Å². The van der Waals surface area contributed by atoms with Gasteiger partial charge in [0.15, 0.2) is 0 Å². The summed E-state index contributed by atoms with van der Waals surface area (Å²) in [4.78, 5) is 14.2. The zero-order valence-corrected chi connectivity index (χ0v) is 47.8. The van der Waals surface area contributed by atoms with Crippen LogP contribution >= 0.6 is 0 Å². The van der Waals surface area contributed by atoms with Gasteiger partial charge in [0, 0.05) is 29.9 Å². The molecule has 1 atom stereocenters. The number of allylic oxidation sites excluding steroid dienone is 1. The van der Waals surface area contributed by atoms with Crippen LogP contribution in [0.4, 0.5) is 0 Å². The van der Waals surface area contributed by atoms with E-state index >= 15 is 0 Å². The molecule has 5 heteroatoms. The Labute approximate surface area is 468 Å². The first-order chi connectivity index (χ1) is 36.9. The molecule has 1 aliphatic rings. The van der Waals surface area contributed by atoms with Gasteiger partial charge in [-0.1, -0.05) is 160 Å². The summed E-state index contributed by atoms with van der Waals surface area (Å²) in [6.45, 7) is 17.6. The molecule has 4 nitrogen and oxygen atoms in total. The van der Waals surface area contributed by atoms with Crippen LogP contribution < -0.4 is 0 Å². The molecule has 11 aromatic rings. The maximum atomic E-state index is 6.65. The van der Waals surface area contributed by atoms with E-state index in [4.69, 9.17) is 14.4 Å². The standard InChI is InChI=1S/C36H34N2.C36H30NO.Ir/c1-25-8-15-32(16-9-25)36-21-27(3)34(24-38-36)19-14-31-7-5-6-30(22-31)11-10-29-12-17-33(18-13-29)35-20-26(2)28(4)23-37-35;1-21(2)25-11-7-12-26(22(3)4)34(25)29-17-18-37-35(29)30-14-8-13-28-32-19-24-16-15-23-9-5-6-10-27(23)31(24)20-33(32)38-36(28)30;/h5-9,12-13,15,17,20-24H,10-11,14,19H2,1-4H3;5-13,15-22,29H,1-4H3;/q-2;-1;+3. The first-order valence-corrected chi connectivity index (χ1v) is 27.0. The molecule has 4 heterocycles. The molecule has 382 valence electrons. The van der Waals surface area contributed by atoms with Crippen LogP contribution in [0.15, 0.2) is 186 Å². The fraction of sp³-hybridized carbons (Fsp3) is 0.208. The summed E-state index contributed by atoms with van der Waals surface area (Å²) in [7, 11) is 0. The van der Waals surface area contributed by atoms with Crippen molar-refractivity contribution in [1.82, 2.24) is 9.97 Å². The van der Waals surface area contributed by atoms with Gasteiger partial charge in [-0.2, -0.15) is 0 Å². The van der Waals surface area contributed by atoms with Crippen molar-refractivity contribution in [2.75, 3.05) is 0 Å². The van der Waals surface area contributed by atoms with Gasteiger partial charge < -0.3 is 19.4 Å². The molecule has 8 aromatic carbocycles. The van der Waals surface area contributed by atoms with Crippen LogP contribution in [0.25, 0.3) is 66.0 Å². The maximum Gasteiger partial charge on any atom is 3.00 e. The Morgan fingerprint density at radius 3 is 1.91 bits per heavy atom. The second kappa shape index (κ2) is 23.0. The summed E-state index contributed by atoms with van der Waals surface area (Å²) >= 11 is 0. The zero-order valence-electron chi connectivity index (χ0n) is 45.4. The maximum absolute atomic E-state index is 6.65. The third-order valence-electron chi connectivity index (χ3n) is 15.4. The molecular formula is C72H64IrN3O. The van der Waals surface area contributed by atoms with Gasteiger partial charge >= 0.3 is 20.1 Å². The SMILES string of the molecule is CC(C)c1cccc(C(C)C)c1C1C=CN=C1c1[c-]ccc2c1oc1cc3c(ccc4ccccc43)cc12.Cc1c[c-]c(-c2cc(C)c(CCc3cccc(CCc4c[c-]c(-c5cc(C)c(C)cn5)cc4)c3)cn2)cc1.[Ir+3]. The molecule has 77 heavy (non-hydrogen) atoms. The molecule has 3 aromatic heterocycles.